The maximum Gasteiger partial charge on any atom is 0.349 e. The van der Waals surface area contributed by atoms with Crippen LogP contribution in [0.2, 0.25) is 0 Å². The number of amides is 1. The number of thiophene rings is 1. The van der Waals surface area contributed by atoms with Gasteiger partial charge in [0, 0.05) is 11.3 Å². The van der Waals surface area contributed by atoms with Crippen LogP contribution in [-0.4, -0.2) is 16.9 Å². The summed E-state index contributed by atoms with van der Waals surface area (Å²) in [6.45, 7) is 3.89. The van der Waals surface area contributed by atoms with E-state index in [4.69, 9.17) is 4.74 Å². The molecule has 0 fully saturated rings. The average Bonchev–Trinajstić information content (AvgIpc) is 3.52. The SMILES string of the molecule is Cc1ccc(C)c(NC(=O)[C@@H](OC(=O)c2ccc(-c3nc4ccccc4s3)s2)c2ccccc2)c1. The minimum absolute atomic E-state index is 0.402. The first kappa shape index (κ1) is 23.0. The van der Waals surface area contributed by atoms with E-state index in [-0.39, 0.29) is 0 Å². The van der Waals surface area contributed by atoms with Crippen molar-refractivity contribution in [3.63, 3.8) is 0 Å². The molecule has 5 rings (SSSR count). The first-order valence-corrected chi connectivity index (χ1v) is 12.7. The molecule has 0 aliphatic rings. The zero-order valence-corrected chi connectivity index (χ0v) is 20.8. The summed E-state index contributed by atoms with van der Waals surface area (Å²) in [4.78, 5) is 32.4. The lowest BCUT2D eigenvalue weighted by atomic mass is 10.1. The number of carbonyl (C=O) groups excluding carboxylic acids is 2. The molecule has 7 heteroatoms. The van der Waals surface area contributed by atoms with Crippen molar-refractivity contribution in [1.82, 2.24) is 4.98 Å². The molecule has 0 unspecified atom stereocenters. The highest BCUT2D eigenvalue weighted by atomic mass is 32.1. The van der Waals surface area contributed by atoms with Gasteiger partial charge in [0.25, 0.3) is 5.91 Å². The first-order chi connectivity index (χ1) is 17.0. The van der Waals surface area contributed by atoms with Crippen molar-refractivity contribution in [3.05, 3.63) is 106 Å². The van der Waals surface area contributed by atoms with Crippen molar-refractivity contribution >= 4 is 50.5 Å². The number of nitrogens with zero attached hydrogens (tertiary/aromatic N) is 1. The summed E-state index contributed by atoms with van der Waals surface area (Å²) in [5, 5.41) is 3.78. The maximum absolute atomic E-state index is 13.3. The Balaban J connectivity index is 1.39. The summed E-state index contributed by atoms with van der Waals surface area (Å²) in [5.41, 5.74) is 4.19. The molecule has 0 spiro atoms. The van der Waals surface area contributed by atoms with Gasteiger partial charge in [-0.05, 0) is 55.3 Å². The van der Waals surface area contributed by atoms with E-state index in [2.05, 4.69) is 10.3 Å². The Morgan fingerprint density at radius 2 is 1.66 bits per heavy atom. The lowest BCUT2D eigenvalue weighted by Gasteiger charge is -2.18. The van der Waals surface area contributed by atoms with Gasteiger partial charge in [0.05, 0.1) is 15.1 Å². The van der Waals surface area contributed by atoms with Crippen molar-refractivity contribution in [3.8, 4) is 9.88 Å². The van der Waals surface area contributed by atoms with Gasteiger partial charge in [-0.3, -0.25) is 4.79 Å². The van der Waals surface area contributed by atoms with Crippen LogP contribution in [0.3, 0.4) is 0 Å². The third kappa shape index (κ3) is 5.01. The fraction of sp³-hybridized carbons (Fsp3) is 0.107. The van der Waals surface area contributed by atoms with E-state index in [1.807, 2.05) is 80.6 Å². The third-order valence-corrected chi connectivity index (χ3v) is 7.80. The van der Waals surface area contributed by atoms with E-state index >= 15 is 0 Å². The number of aryl methyl sites for hydroxylation is 2. The molecule has 5 aromatic rings. The van der Waals surface area contributed by atoms with Crippen molar-refractivity contribution in [2.45, 2.75) is 20.0 Å². The van der Waals surface area contributed by atoms with Crippen molar-refractivity contribution in [2.24, 2.45) is 0 Å². The smallest absolute Gasteiger partial charge is 0.349 e. The predicted octanol–water partition coefficient (Wildman–Crippen LogP) is 7.18. The van der Waals surface area contributed by atoms with E-state index < -0.39 is 18.0 Å². The highest BCUT2D eigenvalue weighted by Crippen LogP contribution is 2.35. The number of carbonyl (C=O) groups is 2. The van der Waals surface area contributed by atoms with Gasteiger partial charge in [0.2, 0.25) is 6.10 Å². The average molecular weight is 499 g/mol. The van der Waals surface area contributed by atoms with E-state index in [0.29, 0.717) is 16.1 Å². The number of hydrogen-bond acceptors (Lipinski definition) is 6. The Kier molecular flexibility index (Phi) is 6.44. The summed E-state index contributed by atoms with van der Waals surface area (Å²) in [6, 6.07) is 26.4. The minimum atomic E-state index is -1.09. The summed E-state index contributed by atoms with van der Waals surface area (Å²) in [7, 11) is 0. The first-order valence-electron chi connectivity index (χ1n) is 11.1. The highest BCUT2D eigenvalue weighted by Gasteiger charge is 2.27. The number of nitrogens with one attached hydrogen (secondary N) is 1. The second-order valence-electron chi connectivity index (χ2n) is 8.15. The van der Waals surface area contributed by atoms with Gasteiger partial charge < -0.3 is 10.1 Å². The van der Waals surface area contributed by atoms with Crippen molar-refractivity contribution < 1.29 is 14.3 Å². The molecule has 1 atom stereocenters. The lowest BCUT2D eigenvalue weighted by Crippen LogP contribution is -2.26. The Hall–Kier alpha value is -3.81. The van der Waals surface area contributed by atoms with E-state index in [9.17, 15) is 9.59 Å². The molecular weight excluding hydrogens is 476 g/mol. The number of fused-ring (bicyclic) bond motifs is 1. The number of benzene rings is 3. The number of para-hydroxylation sites is 1. The van der Waals surface area contributed by atoms with Crippen LogP contribution in [0.5, 0.6) is 0 Å². The number of aromatic nitrogens is 1. The molecule has 2 heterocycles. The number of anilines is 1. The summed E-state index contributed by atoms with van der Waals surface area (Å²) in [5.74, 6) is -0.950. The summed E-state index contributed by atoms with van der Waals surface area (Å²) in [6.07, 6.45) is -1.09. The third-order valence-electron chi connectivity index (χ3n) is 5.53. The molecule has 0 saturated heterocycles. The van der Waals surface area contributed by atoms with Crippen LogP contribution in [0, 0.1) is 13.8 Å². The van der Waals surface area contributed by atoms with E-state index in [1.165, 1.54) is 11.3 Å². The van der Waals surface area contributed by atoms with Crippen molar-refractivity contribution in [2.75, 3.05) is 5.32 Å². The van der Waals surface area contributed by atoms with Crippen LogP contribution >= 0.6 is 22.7 Å². The zero-order chi connectivity index (χ0) is 24.4. The number of hydrogen-bond donors (Lipinski definition) is 1. The molecule has 1 amide bonds. The van der Waals surface area contributed by atoms with Crippen LogP contribution in [0.4, 0.5) is 5.69 Å². The van der Waals surface area contributed by atoms with Gasteiger partial charge in [0.1, 0.15) is 9.88 Å². The van der Waals surface area contributed by atoms with Crippen LogP contribution in [0.15, 0.2) is 84.9 Å². The molecule has 0 saturated carbocycles. The predicted molar refractivity (Wildman–Crippen MR) is 142 cm³/mol. The number of ether oxygens (including phenoxy) is 1. The van der Waals surface area contributed by atoms with Crippen LogP contribution < -0.4 is 5.32 Å². The van der Waals surface area contributed by atoms with Crippen LogP contribution in [-0.2, 0) is 9.53 Å². The Morgan fingerprint density at radius 1 is 0.886 bits per heavy atom. The molecule has 3 aromatic carbocycles. The molecule has 1 N–H and O–H groups in total. The van der Waals surface area contributed by atoms with Crippen molar-refractivity contribution in [1.29, 1.82) is 0 Å². The molecule has 35 heavy (non-hydrogen) atoms. The fourth-order valence-electron chi connectivity index (χ4n) is 3.67. The Bertz CT molecular complexity index is 1490. The Labute approximate surface area is 211 Å². The largest absolute Gasteiger partial charge is 0.443 e. The topological polar surface area (TPSA) is 68.3 Å². The second-order valence-corrected chi connectivity index (χ2v) is 10.3. The van der Waals surface area contributed by atoms with Gasteiger partial charge >= 0.3 is 5.97 Å². The summed E-state index contributed by atoms with van der Waals surface area (Å²) >= 11 is 2.89. The van der Waals surface area contributed by atoms with Crippen LogP contribution in [0.1, 0.15) is 32.5 Å². The zero-order valence-electron chi connectivity index (χ0n) is 19.1. The van der Waals surface area contributed by atoms with Gasteiger partial charge in [-0.15, -0.1) is 22.7 Å². The Morgan fingerprint density at radius 3 is 2.46 bits per heavy atom. The van der Waals surface area contributed by atoms with Gasteiger partial charge in [0.15, 0.2) is 0 Å². The van der Waals surface area contributed by atoms with E-state index in [1.54, 1.807) is 29.5 Å². The molecule has 0 aliphatic heterocycles. The standard InChI is InChI=1S/C28H22N2O3S2/c1-17-12-13-18(2)21(16-17)29-26(31)25(19-8-4-3-5-9-19)33-28(32)24-15-14-23(34-24)27-30-20-10-6-7-11-22(20)35-27/h3-16,25H,1-2H3,(H,29,31)/t25-/m0/s1. The number of thiazole rings is 1. The highest BCUT2D eigenvalue weighted by molar-refractivity contribution is 7.26. The van der Waals surface area contributed by atoms with Gasteiger partial charge in [-0.1, -0.05) is 54.6 Å². The number of esters is 1. The molecule has 0 aliphatic carbocycles. The minimum Gasteiger partial charge on any atom is -0.443 e. The van der Waals surface area contributed by atoms with Gasteiger partial charge in [-0.25, -0.2) is 9.78 Å². The quantitative estimate of drug-likeness (QED) is 0.252. The number of rotatable bonds is 6. The molecular formula is C28H22N2O3S2. The summed E-state index contributed by atoms with van der Waals surface area (Å²) < 4.78 is 6.87. The fourth-order valence-corrected chi connectivity index (χ4v) is 5.58. The molecule has 5 nitrogen and oxygen atoms in total. The normalized spacial score (nSPS) is 11.8. The lowest BCUT2D eigenvalue weighted by molar-refractivity contribution is -0.125. The second kappa shape index (κ2) is 9.82. The molecule has 0 bridgehead atoms. The van der Waals surface area contributed by atoms with Crippen LogP contribution in [0.25, 0.3) is 20.1 Å². The monoisotopic (exact) mass is 498 g/mol. The molecule has 174 valence electrons. The van der Waals surface area contributed by atoms with Gasteiger partial charge in [-0.2, -0.15) is 0 Å². The maximum atomic E-state index is 13.3. The molecule has 0 radical (unpaired) electrons. The van der Waals surface area contributed by atoms with E-state index in [0.717, 1.165) is 31.2 Å². The molecule has 2 aromatic heterocycles.